The van der Waals surface area contributed by atoms with Crippen LogP contribution in [0.1, 0.15) is 32.4 Å². The number of hydrogen-bond acceptors (Lipinski definition) is 1. The molecule has 3 rings (SSSR count). The molecule has 0 N–H and O–H groups in total. The molecule has 1 nitrogen and oxygen atoms in total. The minimum atomic E-state index is 0.253. The van der Waals surface area contributed by atoms with E-state index in [4.69, 9.17) is 0 Å². The largest absolute Gasteiger partial charge is 0.363 e. The van der Waals surface area contributed by atoms with E-state index in [1.54, 1.807) is 0 Å². The van der Waals surface area contributed by atoms with Gasteiger partial charge in [0.25, 0.3) is 0 Å². The Hall–Kier alpha value is -2.54. The van der Waals surface area contributed by atoms with Gasteiger partial charge < -0.3 is 4.90 Å². The lowest BCUT2D eigenvalue weighted by molar-refractivity contribution is 0.343. The van der Waals surface area contributed by atoms with E-state index < -0.39 is 0 Å². The van der Waals surface area contributed by atoms with Gasteiger partial charge in [0.05, 0.1) is 6.04 Å². The first kappa shape index (κ1) is 17.3. The van der Waals surface area contributed by atoms with Crippen molar-refractivity contribution in [2.75, 3.05) is 6.54 Å². The fourth-order valence-electron chi connectivity index (χ4n) is 3.28. The van der Waals surface area contributed by atoms with Gasteiger partial charge in [0.2, 0.25) is 0 Å². The third-order valence-corrected chi connectivity index (χ3v) is 4.62. The molecule has 0 amide bonds. The summed E-state index contributed by atoms with van der Waals surface area (Å²) in [5, 5.41) is 0. The Kier molecular flexibility index (Phi) is 5.23. The Morgan fingerprint density at radius 2 is 1.76 bits per heavy atom. The number of hydrogen-bond donors (Lipinski definition) is 0. The minimum absolute atomic E-state index is 0.253. The number of benzene rings is 2. The molecule has 0 bridgehead atoms. The van der Waals surface area contributed by atoms with Gasteiger partial charge in [-0.25, -0.2) is 0 Å². The number of nitrogens with zero attached hydrogens (tertiary/aromatic N) is 1. The molecule has 0 radical (unpaired) electrons. The highest BCUT2D eigenvalue weighted by atomic mass is 15.1. The SMILES string of the molecule is C=C(C)CN1C=CC(C(C)C)=CC1c1cccc(-c2ccccc2)c1. The first-order valence-corrected chi connectivity index (χ1v) is 9.00. The van der Waals surface area contributed by atoms with Gasteiger partial charge in [-0.2, -0.15) is 0 Å². The summed E-state index contributed by atoms with van der Waals surface area (Å²) in [6.07, 6.45) is 6.87. The van der Waals surface area contributed by atoms with Crippen molar-refractivity contribution in [3.8, 4) is 11.1 Å². The van der Waals surface area contributed by atoms with E-state index in [1.165, 1.54) is 27.8 Å². The molecule has 0 spiro atoms. The third kappa shape index (κ3) is 4.11. The van der Waals surface area contributed by atoms with E-state index >= 15 is 0 Å². The van der Waals surface area contributed by atoms with Crippen LogP contribution in [-0.2, 0) is 0 Å². The first-order valence-electron chi connectivity index (χ1n) is 9.00. The lowest BCUT2D eigenvalue weighted by Crippen LogP contribution is -2.26. The van der Waals surface area contributed by atoms with Crippen LogP contribution in [0.5, 0.6) is 0 Å². The zero-order valence-electron chi connectivity index (χ0n) is 15.4. The van der Waals surface area contributed by atoms with Crippen LogP contribution < -0.4 is 0 Å². The molecule has 1 atom stereocenters. The van der Waals surface area contributed by atoms with Crippen LogP contribution in [0.3, 0.4) is 0 Å². The molecule has 0 saturated carbocycles. The van der Waals surface area contributed by atoms with Crippen molar-refractivity contribution < 1.29 is 0 Å². The molecule has 0 aromatic heterocycles. The van der Waals surface area contributed by atoms with Gasteiger partial charge in [-0.15, -0.1) is 0 Å². The van der Waals surface area contributed by atoms with Crippen molar-refractivity contribution in [3.63, 3.8) is 0 Å². The molecule has 1 aliphatic heterocycles. The molecule has 0 aliphatic carbocycles. The molecule has 0 fully saturated rings. The fraction of sp³-hybridized carbons (Fsp3) is 0.250. The van der Waals surface area contributed by atoms with Crippen molar-refractivity contribution in [3.05, 3.63) is 96.2 Å². The summed E-state index contributed by atoms with van der Waals surface area (Å²) in [7, 11) is 0. The monoisotopic (exact) mass is 329 g/mol. The predicted octanol–water partition coefficient (Wildman–Crippen LogP) is 6.38. The van der Waals surface area contributed by atoms with Crippen molar-refractivity contribution in [2.24, 2.45) is 5.92 Å². The van der Waals surface area contributed by atoms with Crippen LogP contribution in [0.2, 0.25) is 0 Å². The lowest BCUT2D eigenvalue weighted by Gasteiger charge is -2.33. The highest BCUT2D eigenvalue weighted by Gasteiger charge is 2.20. The molecule has 1 unspecified atom stereocenters. The smallest absolute Gasteiger partial charge is 0.0730 e. The highest BCUT2D eigenvalue weighted by molar-refractivity contribution is 5.64. The third-order valence-electron chi connectivity index (χ3n) is 4.62. The normalized spacial score (nSPS) is 16.9. The molecule has 128 valence electrons. The summed E-state index contributed by atoms with van der Waals surface area (Å²) in [6.45, 7) is 11.6. The van der Waals surface area contributed by atoms with Crippen molar-refractivity contribution in [1.29, 1.82) is 0 Å². The van der Waals surface area contributed by atoms with Gasteiger partial charge in [-0.05, 0) is 47.2 Å². The summed E-state index contributed by atoms with van der Waals surface area (Å²) in [6, 6.07) is 19.7. The Morgan fingerprint density at radius 3 is 2.44 bits per heavy atom. The van der Waals surface area contributed by atoms with Crippen molar-refractivity contribution in [2.45, 2.75) is 26.8 Å². The summed E-state index contributed by atoms with van der Waals surface area (Å²) in [4.78, 5) is 2.37. The summed E-state index contributed by atoms with van der Waals surface area (Å²) in [5.74, 6) is 0.531. The van der Waals surface area contributed by atoms with Crippen LogP contribution in [-0.4, -0.2) is 11.4 Å². The van der Waals surface area contributed by atoms with Gasteiger partial charge in [-0.1, -0.05) is 80.6 Å². The fourth-order valence-corrected chi connectivity index (χ4v) is 3.28. The summed E-state index contributed by atoms with van der Waals surface area (Å²) < 4.78 is 0. The van der Waals surface area contributed by atoms with Gasteiger partial charge in [0.1, 0.15) is 0 Å². The van der Waals surface area contributed by atoms with Gasteiger partial charge in [0.15, 0.2) is 0 Å². The van der Waals surface area contributed by atoms with Crippen LogP contribution in [0.25, 0.3) is 11.1 Å². The average Bonchev–Trinajstić information content (AvgIpc) is 2.62. The molecule has 25 heavy (non-hydrogen) atoms. The minimum Gasteiger partial charge on any atom is -0.363 e. The second-order valence-corrected chi connectivity index (χ2v) is 7.20. The Morgan fingerprint density at radius 1 is 1.04 bits per heavy atom. The van der Waals surface area contributed by atoms with E-state index in [1.807, 2.05) is 0 Å². The first-order chi connectivity index (χ1) is 12.0. The topological polar surface area (TPSA) is 3.24 Å². The van der Waals surface area contributed by atoms with Crippen molar-refractivity contribution in [1.82, 2.24) is 4.90 Å². The quantitative estimate of drug-likeness (QED) is 0.575. The molecular weight excluding hydrogens is 302 g/mol. The zero-order valence-corrected chi connectivity index (χ0v) is 15.4. The molecule has 1 aliphatic rings. The summed E-state index contributed by atoms with van der Waals surface area (Å²) in [5.41, 5.74) is 6.42. The number of rotatable bonds is 5. The number of allylic oxidation sites excluding steroid dienone is 2. The Balaban J connectivity index is 1.99. The second-order valence-electron chi connectivity index (χ2n) is 7.20. The van der Waals surface area contributed by atoms with Crippen LogP contribution >= 0.6 is 0 Å². The maximum Gasteiger partial charge on any atom is 0.0730 e. The maximum atomic E-state index is 4.10. The molecule has 1 heterocycles. The van der Waals surface area contributed by atoms with Gasteiger partial charge >= 0.3 is 0 Å². The van der Waals surface area contributed by atoms with Crippen LogP contribution in [0.15, 0.2) is 90.7 Å². The summed E-state index contributed by atoms with van der Waals surface area (Å²) >= 11 is 0. The average molecular weight is 329 g/mol. The Bertz CT molecular complexity index is 796. The van der Waals surface area contributed by atoms with Gasteiger partial charge in [-0.3, -0.25) is 0 Å². The van der Waals surface area contributed by atoms with E-state index in [9.17, 15) is 0 Å². The lowest BCUT2D eigenvalue weighted by atomic mass is 9.92. The standard InChI is InChI=1S/C24H27N/c1-18(2)17-25-14-13-21(19(3)4)16-24(25)23-12-8-11-22(15-23)20-9-6-5-7-10-20/h5-16,19,24H,1,17H2,2-4H3. The van der Waals surface area contributed by atoms with E-state index in [2.05, 4.69) is 105 Å². The van der Waals surface area contributed by atoms with E-state index in [0.717, 1.165) is 6.54 Å². The maximum absolute atomic E-state index is 4.10. The molecule has 2 aromatic rings. The van der Waals surface area contributed by atoms with Crippen molar-refractivity contribution >= 4 is 0 Å². The van der Waals surface area contributed by atoms with Gasteiger partial charge in [0, 0.05) is 12.7 Å². The Labute approximate surface area is 152 Å². The van der Waals surface area contributed by atoms with Crippen LogP contribution in [0.4, 0.5) is 0 Å². The second kappa shape index (κ2) is 7.57. The van der Waals surface area contributed by atoms with Crippen LogP contribution in [0, 0.1) is 5.92 Å². The molecule has 0 saturated heterocycles. The highest BCUT2D eigenvalue weighted by Crippen LogP contribution is 2.33. The molecular formula is C24H27N. The zero-order chi connectivity index (χ0) is 17.8. The molecule has 2 aromatic carbocycles. The van der Waals surface area contributed by atoms with E-state index in [0.29, 0.717) is 5.92 Å². The predicted molar refractivity (Wildman–Crippen MR) is 108 cm³/mol. The van der Waals surface area contributed by atoms with E-state index in [-0.39, 0.29) is 6.04 Å². The molecule has 1 heteroatoms.